The van der Waals surface area contributed by atoms with E-state index in [4.69, 9.17) is 17.0 Å². The molecule has 1 fully saturated rings. The van der Waals surface area contributed by atoms with Gasteiger partial charge in [-0.05, 0) is 60.6 Å². The van der Waals surface area contributed by atoms with Gasteiger partial charge in [-0.25, -0.2) is 12.8 Å². The van der Waals surface area contributed by atoms with Gasteiger partial charge in [0.2, 0.25) is 0 Å². The number of ether oxygens (including phenoxy) is 1. The van der Waals surface area contributed by atoms with Crippen LogP contribution >= 0.6 is 12.2 Å². The molecule has 0 unspecified atom stereocenters. The molecule has 0 aromatic heterocycles. The predicted octanol–water partition coefficient (Wildman–Crippen LogP) is 3.22. The van der Waals surface area contributed by atoms with Crippen molar-refractivity contribution >= 4 is 32.9 Å². The van der Waals surface area contributed by atoms with E-state index >= 15 is 0 Å². The quantitative estimate of drug-likeness (QED) is 0.767. The lowest BCUT2D eigenvalue weighted by Crippen LogP contribution is -2.43. The Morgan fingerprint density at radius 1 is 1.22 bits per heavy atom. The van der Waals surface area contributed by atoms with Gasteiger partial charge in [-0.15, -0.1) is 0 Å². The summed E-state index contributed by atoms with van der Waals surface area (Å²) in [5, 5.41) is 3.50. The van der Waals surface area contributed by atoms with E-state index in [-0.39, 0.29) is 23.4 Å². The molecule has 1 aliphatic rings. The number of nitrogens with zero attached hydrogens (tertiary/aromatic N) is 1. The average Bonchev–Trinajstić information content (AvgIpc) is 3.01. The number of anilines is 1. The second kappa shape index (κ2) is 8.22. The predicted molar refractivity (Wildman–Crippen MR) is 108 cm³/mol. The molecule has 27 heavy (non-hydrogen) atoms. The smallest absolute Gasteiger partial charge is 0.174 e. The third-order valence-electron chi connectivity index (χ3n) is 4.52. The summed E-state index contributed by atoms with van der Waals surface area (Å²) in [7, 11) is -1.45. The van der Waals surface area contributed by atoms with Crippen molar-refractivity contribution in [1.29, 1.82) is 0 Å². The van der Waals surface area contributed by atoms with Crippen molar-refractivity contribution in [2.24, 2.45) is 0 Å². The molecule has 1 N–H and O–H groups in total. The van der Waals surface area contributed by atoms with E-state index in [0.29, 0.717) is 23.8 Å². The standard InChI is InChI=1S/C19H21FN2O3S2/c1-25-18-8-2-14(3-9-18)12-22(17-10-11-27(23,24)13-17)19(26)21-16-6-4-15(20)5-7-16/h2-9,17H,10-13H2,1H3,(H,21,26)/t17-/m1/s1. The minimum Gasteiger partial charge on any atom is -0.497 e. The molecule has 8 heteroatoms. The maximum atomic E-state index is 13.1. The molecule has 1 atom stereocenters. The second-order valence-electron chi connectivity index (χ2n) is 6.47. The van der Waals surface area contributed by atoms with Gasteiger partial charge >= 0.3 is 0 Å². The van der Waals surface area contributed by atoms with Crippen molar-refractivity contribution in [1.82, 2.24) is 4.90 Å². The lowest BCUT2D eigenvalue weighted by molar-refractivity contribution is 0.332. The Labute approximate surface area is 164 Å². The van der Waals surface area contributed by atoms with Crippen LogP contribution in [0, 0.1) is 5.82 Å². The Hall–Kier alpha value is -2.19. The summed E-state index contributed by atoms with van der Waals surface area (Å²) in [6, 6.07) is 13.3. The van der Waals surface area contributed by atoms with E-state index in [2.05, 4.69) is 5.32 Å². The van der Waals surface area contributed by atoms with Gasteiger partial charge in [0.25, 0.3) is 0 Å². The zero-order chi connectivity index (χ0) is 19.4. The van der Waals surface area contributed by atoms with Crippen molar-refractivity contribution in [2.45, 2.75) is 19.0 Å². The van der Waals surface area contributed by atoms with Gasteiger partial charge in [0.15, 0.2) is 14.9 Å². The van der Waals surface area contributed by atoms with Crippen LogP contribution < -0.4 is 10.1 Å². The van der Waals surface area contributed by atoms with Crippen molar-refractivity contribution in [3.8, 4) is 5.75 Å². The number of thiocarbonyl (C=S) groups is 1. The maximum Gasteiger partial charge on any atom is 0.174 e. The molecule has 3 rings (SSSR count). The molecule has 1 saturated heterocycles. The first-order valence-electron chi connectivity index (χ1n) is 8.53. The zero-order valence-corrected chi connectivity index (χ0v) is 16.5. The van der Waals surface area contributed by atoms with Gasteiger partial charge in [0.05, 0.1) is 18.6 Å². The molecule has 0 bridgehead atoms. The molecule has 2 aromatic rings. The van der Waals surface area contributed by atoms with Crippen molar-refractivity contribution in [2.75, 3.05) is 23.9 Å². The summed E-state index contributed by atoms with van der Waals surface area (Å²) in [5.74, 6) is 0.661. The van der Waals surface area contributed by atoms with Crippen LogP contribution in [-0.4, -0.2) is 43.1 Å². The lowest BCUT2D eigenvalue weighted by Gasteiger charge is -2.31. The highest BCUT2D eigenvalue weighted by atomic mass is 32.2. The molecule has 5 nitrogen and oxygen atoms in total. The fourth-order valence-corrected chi connectivity index (χ4v) is 5.11. The van der Waals surface area contributed by atoms with Gasteiger partial charge in [-0.3, -0.25) is 0 Å². The number of nitrogens with one attached hydrogen (secondary N) is 1. The SMILES string of the molecule is COc1ccc(CN(C(=S)Nc2ccc(F)cc2)[C@@H]2CCS(=O)(=O)C2)cc1. The molecule has 2 aromatic carbocycles. The summed E-state index contributed by atoms with van der Waals surface area (Å²) >= 11 is 5.55. The molecule has 0 aliphatic carbocycles. The van der Waals surface area contributed by atoms with Gasteiger partial charge in [0, 0.05) is 18.3 Å². The van der Waals surface area contributed by atoms with Gasteiger partial charge in [0.1, 0.15) is 11.6 Å². The highest BCUT2D eigenvalue weighted by Gasteiger charge is 2.33. The Morgan fingerprint density at radius 2 is 1.89 bits per heavy atom. The van der Waals surface area contributed by atoms with Crippen LogP contribution in [0.3, 0.4) is 0 Å². The van der Waals surface area contributed by atoms with E-state index < -0.39 is 9.84 Å². The maximum absolute atomic E-state index is 13.1. The number of hydrogen-bond donors (Lipinski definition) is 1. The van der Waals surface area contributed by atoms with Crippen molar-refractivity contribution in [3.63, 3.8) is 0 Å². The Bertz CT molecular complexity index is 900. The van der Waals surface area contributed by atoms with Gasteiger partial charge in [-0.1, -0.05) is 12.1 Å². The fraction of sp³-hybridized carbons (Fsp3) is 0.316. The molecular formula is C19H21FN2O3S2. The molecule has 1 aliphatic heterocycles. The molecule has 0 radical (unpaired) electrons. The van der Waals surface area contributed by atoms with Crippen LogP contribution in [0.4, 0.5) is 10.1 Å². The van der Waals surface area contributed by atoms with Crippen molar-refractivity contribution in [3.05, 3.63) is 59.9 Å². The summed E-state index contributed by atoms with van der Waals surface area (Å²) in [4.78, 5) is 1.89. The first kappa shape index (κ1) is 19.6. The topological polar surface area (TPSA) is 58.6 Å². The minimum atomic E-state index is -3.05. The number of rotatable bonds is 5. The van der Waals surface area contributed by atoms with Crippen LogP contribution in [0.1, 0.15) is 12.0 Å². The first-order chi connectivity index (χ1) is 12.9. The third-order valence-corrected chi connectivity index (χ3v) is 6.60. The molecule has 0 spiro atoms. The van der Waals surface area contributed by atoms with E-state index in [1.807, 2.05) is 29.2 Å². The summed E-state index contributed by atoms with van der Waals surface area (Å²) in [6.45, 7) is 0.469. The van der Waals surface area contributed by atoms with Crippen LogP contribution in [0.5, 0.6) is 5.75 Å². The van der Waals surface area contributed by atoms with Crippen LogP contribution in [0.15, 0.2) is 48.5 Å². The zero-order valence-electron chi connectivity index (χ0n) is 14.9. The largest absolute Gasteiger partial charge is 0.497 e. The highest BCUT2D eigenvalue weighted by molar-refractivity contribution is 7.91. The summed E-state index contributed by atoms with van der Waals surface area (Å²) < 4.78 is 42.2. The number of methoxy groups -OCH3 is 1. The lowest BCUT2D eigenvalue weighted by atomic mass is 10.1. The molecular weight excluding hydrogens is 387 g/mol. The van der Waals surface area contributed by atoms with Gasteiger partial charge < -0.3 is 15.0 Å². The fourth-order valence-electron chi connectivity index (χ4n) is 3.04. The minimum absolute atomic E-state index is 0.0778. The second-order valence-corrected chi connectivity index (χ2v) is 9.09. The Balaban J connectivity index is 1.79. The summed E-state index contributed by atoms with van der Waals surface area (Å²) in [6.07, 6.45) is 0.531. The number of benzene rings is 2. The number of halogens is 1. The van der Waals surface area contributed by atoms with Crippen LogP contribution in [-0.2, 0) is 16.4 Å². The van der Waals surface area contributed by atoms with E-state index in [0.717, 1.165) is 11.3 Å². The molecule has 1 heterocycles. The van der Waals surface area contributed by atoms with Crippen LogP contribution in [0.25, 0.3) is 0 Å². The van der Waals surface area contributed by atoms with Crippen molar-refractivity contribution < 1.29 is 17.5 Å². The molecule has 0 saturated carbocycles. The third kappa shape index (κ3) is 5.17. The van der Waals surface area contributed by atoms with Gasteiger partial charge in [-0.2, -0.15) is 0 Å². The number of sulfone groups is 1. The summed E-state index contributed by atoms with van der Waals surface area (Å²) in [5.41, 5.74) is 1.64. The highest BCUT2D eigenvalue weighted by Crippen LogP contribution is 2.22. The monoisotopic (exact) mass is 408 g/mol. The van der Waals surface area contributed by atoms with E-state index in [1.165, 1.54) is 12.1 Å². The average molecular weight is 409 g/mol. The molecule has 144 valence electrons. The van der Waals surface area contributed by atoms with E-state index in [9.17, 15) is 12.8 Å². The Kier molecular flexibility index (Phi) is 5.96. The Morgan fingerprint density at radius 3 is 2.44 bits per heavy atom. The van der Waals surface area contributed by atoms with E-state index in [1.54, 1.807) is 19.2 Å². The normalized spacial score (nSPS) is 18.1. The van der Waals surface area contributed by atoms with Crippen LogP contribution in [0.2, 0.25) is 0 Å². The first-order valence-corrected chi connectivity index (χ1v) is 10.8. The number of hydrogen-bond acceptors (Lipinski definition) is 4. The molecule has 0 amide bonds.